The molecule has 0 aliphatic heterocycles. The van der Waals surface area contributed by atoms with E-state index in [2.05, 4.69) is 19.1 Å². The number of aromatic carboxylic acids is 3. The number of hydrogen-bond acceptors (Lipinski definition) is 6. The molecule has 0 bridgehead atoms. The fraction of sp³-hybridized carbons (Fsp3) is 0.167. The van der Waals surface area contributed by atoms with E-state index >= 15 is 0 Å². The van der Waals surface area contributed by atoms with E-state index < -0.39 is 17.9 Å². The standard InChI is InChI=1S/C9H13.3C7H6O2.Zr/c1-2-3-6-9-7-4-5-8-9;3*8-7(9)6-4-2-1-3-5-6;/h4,7H,2-3,5-6H2,1H3;3*1-5H,(H,8,9);/q;;;;+3/p-3. The van der Waals surface area contributed by atoms with Gasteiger partial charge in [0.1, 0.15) is 0 Å². The van der Waals surface area contributed by atoms with Gasteiger partial charge < -0.3 is 29.7 Å². The molecular weight excluding hydrogens is 548 g/mol. The third-order valence-electron chi connectivity index (χ3n) is 4.86. The maximum absolute atomic E-state index is 10.1. The van der Waals surface area contributed by atoms with E-state index in [9.17, 15) is 29.7 Å². The monoisotopic (exact) mass is 574 g/mol. The minimum atomic E-state index is -1.13. The number of rotatable bonds is 6. The van der Waals surface area contributed by atoms with Gasteiger partial charge in [-0.1, -0.05) is 91.0 Å². The minimum Gasteiger partial charge on any atom is -0.545 e. The molecule has 0 N–H and O–H groups in total. The maximum Gasteiger partial charge on any atom is 0.0715 e. The Hall–Kier alpha value is -3.57. The second-order valence-electron chi connectivity index (χ2n) is 7.67. The normalized spacial score (nSPS) is 11.1. The third-order valence-corrected chi connectivity index (χ3v) is 6.15. The second kappa shape index (κ2) is 18.7. The molecule has 37 heavy (non-hydrogen) atoms. The molecule has 7 heteroatoms. The van der Waals surface area contributed by atoms with Gasteiger partial charge in [-0.25, -0.2) is 0 Å². The number of carboxylic acids is 3. The number of carboxylic acid groups (broad SMARTS) is 3. The predicted molar refractivity (Wildman–Crippen MR) is 133 cm³/mol. The number of hydrogen-bond donors (Lipinski definition) is 0. The summed E-state index contributed by atoms with van der Waals surface area (Å²) in [5.74, 6) is -3.39. The van der Waals surface area contributed by atoms with Crippen LogP contribution in [0, 0.1) is 0 Å². The van der Waals surface area contributed by atoms with Crippen LogP contribution in [0.5, 0.6) is 0 Å². The molecule has 3 aromatic rings. The van der Waals surface area contributed by atoms with Crippen LogP contribution in [0.25, 0.3) is 0 Å². The average molecular weight is 576 g/mol. The van der Waals surface area contributed by atoms with Gasteiger partial charge in [0.2, 0.25) is 0 Å². The third kappa shape index (κ3) is 13.9. The first-order chi connectivity index (χ1) is 17.8. The van der Waals surface area contributed by atoms with Crippen molar-refractivity contribution in [2.24, 2.45) is 0 Å². The molecule has 0 unspecified atom stereocenters. The van der Waals surface area contributed by atoms with E-state index in [-0.39, 0.29) is 16.7 Å². The molecule has 0 saturated carbocycles. The molecule has 1 aliphatic rings. The van der Waals surface area contributed by atoms with E-state index in [1.807, 2.05) is 0 Å². The second-order valence-corrected chi connectivity index (χ2v) is 9.16. The van der Waals surface area contributed by atoms with Crippen molar-refractivity contribution in [2.75, 3.05) is 0 Å². The van der Waals surface area contributed by atoms with Crippen LogP contribution in [0.15, 0.2) is 112 Å². The van der Waals surface area contributed by atoms with Gasteiger partial charge in [-0.2, -0.15) is 0 Å². The van der Waals surface area contributed by atoms with Gasteiger partial charge >= 0.3 is 78.3 Å². The molecule has 6 nitrogen and oxygen atoms in total. The van der Waals surface area contributed by atoms with E-state index in [1.165, 1.54) is 62.1 Å². The van der Waals surface area contributed by atoms with Crippen LogP contribution >= 0.6 is 0 Å². The first-order valence-corrected chi connectivity index (χ1v) is 12.9. The van der Waals surface area contributed by atoms with Gasteiger partial charge in [0.15, 0.2) is 0 Å². The Bertz CT molecular complexity index is 1040. The zero-order valence-electron chi connectivity index (χ0n) is 20.6. The summed E-state index contributed by atoms with van der Waals surface area (Å²) in [4.78, 5) is 30.3. The first-order valence-electron chi connectivity index (χ1n) is 11.7. The van der Waals surface area contributed by atoms with Crippen LogP contribution < -0.4 is 15.3 Å². The SMILES string of the molecule is CCCCC1=[C]([Zr+3])CC=C1.O=C([O-])c1ccccc1.O=C([O-])c1ccccc1.O=C([O-])c1ccccc1. The fourth-order valence-corrected chi connectivity index (χ4v) is 3.68. The first kappa shape index (κ1) is 31.5. The van der Waals surface area contributed by atoms with Gasteiger partial charge in [0.25, 0.3) is 0 Å². The maximum atomic E-state index is 10.1. The summed E-state index contributed by atoms with van der Waals surface area (Å²) in [6, 6.07) is 24.2. The zero-order valence-corrected chi connectivity index (χ0v) is 23.1. The Morgan fingerprint density at radius 1 is 0.676 bits per heavy atom. The summed E-state index contributed by atoms with van der Waals surface area (Å²) >= 11 is 1.61. The molecule has 0 spiro atoms. The summed E-state index contributed by atoms with van der Waals surface area (Å²) in [6.07, 6.45) is 9.82. The van der Waals surface area contributed by atoms with Gasteiger partial charge in [-0.3, -0.25) is 0 Å². The number of carbonyl (C=O) groups excluding carboxylic acids is 3. The fourth-order valence-electron chi connectivity index (χ4n) is 2.87. The summed E-state index contributed by atoms with van der Waals surface area (Å²) in [7, 11) is 0. The van der Waals surface area contributed by atoms with Crippen molar-refractivity contribution in [3.05, 3.63) is 129 Å². The van der Waals surface area contributed by atoms with Crippen LogP contribution in [0.3, 0.4) is 0 Å². The summed E-state index contributed by atoms with van der Waals surface area (Å²) in [5, 5.41) is 30.3. The quantitative estimate of drug-likeness (QED) is 0.446. The Kier molecular flexibility index (Phi) is 15.9. The van der Waals surface area contributed by atoms with Gasteiger partial charge in [-0.15, -0.1) is 0 Å². The Balaban J connectivity index is 0.000000247. The van der Waals surface area contributed by atoms with Crippen molar-refractivity contribution in [1.29, 1.82) is 0 Å². The van der Waals surface area contributed by atoms with Crippen molar-refractivity contribution >= 4 is 17.9 Å². The molecule has 4 rings (SSSR count). The molecule has 0 aromatic heterocycles. The molecule has 0 saturated heterocycles. The van der Waals surface area contributed by atoms with Crippen molar-refractivity contribution < 1.29 is 54.4 Å². The predicted octanol–water partition coefficient (Wildman–Crippen LogP) is 3.09. The topological polar surface area (TPSA) is 120 Å². The molecule has 1 aliphatic carbocycles. The van der Waals surface area contributed by atoms with E-state index in [4.69, 9.17) is 0 Å². The van der Waals surface area contributed by atoms with Crippen molar-refractivity contribution in [3.8, 4) is 0 Å². The molecule has 0 atom stereocenters. The number of unbranched alkanes of at least 4 members (excludes halogenated alkanes) is 1. The summed E-state index contributed by atoms with van der Waals surface area (Å²) < 4.78 is 1.67. The van der Waals surface area contributed by atoms with Gasteiger partial charge in [0.05, 0.1) is 17.9 Å². The molecule has 188 valence electrons. The Labute approximate surface area is 232 Å². The number of carbonyl (C=O) groups is 3. The van der Waals surface area contributed by atoms with Crippen LogP contribution in [-0.2, 0) is 24.7 Å². The van der Waals surface area contributed by atoms with Crippen LogP contribution in [0.4, 0.5) is 0 Å². The molecule has 0 amide bonds. The Morgan fingerprint density at radius 2 is 1.03 bits per heavy atom. The molecule has 0 heterocycles. The smallest absolute Gasteiger partial charge is 0.0715 e. The van der Waals surface area contributed by atoms with E-state index in [0.717, 1.165) is 0 Å². The van der Waals surface area contributed by atoms with Crippen LogP contribution in [0.2, 0.25) is 0 Å². The van der Waals surface area contributed by atoms with Crippen LogP contribution in [-0.4, -0.2) is 17.9 Å². The zero-order chi connectivity index (χ0) is 27.5. The van der Waals surface area contributed by atoms with Crippen molar-refractivity contribution in [2.45, 2.75) is 32.6 Å². The Morgan fingerprint density at radius 3 is 1.24 bits per heavy atom. The van der Waals surface area contributed by atoms with Gasteiger partial charge in [0, 0.05) is 0 Å². The molecular formula is C30H28O6Zr. The van der Waals surface area contributed by atoms with E-state index in [1.54, 1.807) is 88.2 Å². The van der Waals surface area contributed by atoms with Crippen molar-refractivity contribution in [3.63, 3.8) is 0 Å². The number of benzene rings is 3. The van der Waals surface area contributed by atoms with Crippen molar-refractivity contribution in [1.82, 2.24) is 0 Å². The summed E-state index contributed by atoms with van der Waals surface area (Å²) in [5.41, 5.74) is 2.28. The molecule has 0 radical (unpaired) electrons. The molecule has 0 fully saturated rings. The minimum absolute atomic E-state index is 0.220. The summed E-state index contributed by atoms with van der Waals surface area (Å²) in [6.45, 7) is 2.25. The van der Waals surface area contributed by atoms with Crippen LogP contribution in [0.1, 0.15) is 63.7 Å². The molecule has 3 aromatic carbocycles. The average Bonchev–Trinajstić information content (AvgIpc) is 3.34. The number of allylic oxidation sites excluding steroid dienone is 4. The largest absolute Gasteiger partial charge is 0.545 e. The van der Waals surface area contributed by atoms with Gasteiger partial charge in [-0.05, 0) is 16.7 Å². The van der Waals surface area contributed by atoms with E-state index in [0.29, 0.717) is 0 Å².